The lowest BCUT2D eigenvalue weighted by Crippen LogP contribution is -2.35. The van der Waals surface area contributed by atoms with Crippen LogP contribution in [0.1, 0.15) is 32.1 Å². The number of aliphatic hydroxyl groups is 1. The number of nitrogens with one attached hydrogen (secondary N) is 1. The van der Waals surface area contributed by atoms with Crippen LogP contribution < -0.4 is 14.8 Å². The van der Waals surface area contributed by atoms with E-state index in [0.717, 1.165) is 36.6 Å². The van der Waals surface area contributed by atoms with E-state index < -0.39 is 0 Å². The van der Waals surface area contributed by atoms with Crippen molar-refractivity contribution in [3.8, 4) is 11.5 Å². The second kappa shape index (κ2) is 6.84. The molecule has 0 heterocycles. The van der Waals surface area contributed by atoms with Crippen molar-refractivity contribution in [3.05, 3.63) is 18.2 Å². The van der Waals surface area contributed by atoms with Crippen LogP contribution in [0.5, 0.6) is 11.5 Å². The van der Waals surface area contributed by atoms with Gasteiger partial charge in [-0.15, -0.1) is 0 Å². The van der Waals surface area contributed by atoms with Gasteiger partial charge < -0.3 is 19.9 Å². The summed E-state index contributed by atoms with van der Waals surface area (Å²) in [6.07, 6.45) is 5.90. The lowest BCUT2D eigenvalue weighted by Gasteiger charge is -2.36. The second-order valence-electron chi connectivity index (χ2n) is 5.67. The molecule has 2 rings (SSSR count). The lowest BCUT2D eigenvalue weighted by atomic mass is 9.74. The molecule has 2 N–H and O–H groups in total. The van der Waals surface area contributed by atoms with Crippen molar-refractivity contribution in [1.82, 2.24) is 0 Å². The summed E-state index contributed by atoms with van der Waals surface area (Å²) in [4.78, 5) is 0. The van der Waals surface area contributed by atoms with E-state index in [1.165, 1.54) is 19.3 Å². The summed E-state index contributed by atoms with van der Waals surface area (Å²) in [7, 11) is 3.30. The van der Waals surface area contributed by atoms with Crippen molar-refractivity contribution < 1.29 is 14.6 Å². The van der Waals surface area contributed by atoms with Crippen LogP contribution >= 0.6 is 0 Å². The summed E-state index contributed by atoms with van der Waals surface area (Å²) in [6, 6.07) is 5.76. The molecule has 1 aliphatic carbocycles. The molecule has 0 atom stereocenters. The summed E-state index contributed by atoms with van der Waals surface area (Å²) < 4.78 is 10.5. The van der Waals surface area contributed by atoms with Crippen molar-refractivity contribution in [2.24, 2.45) is 5.41 Å². The van der Waals surface area contributed by atoms with E-state index in [4.69, 9.17) is 9.47 Å². The van der Waals surface area contributed by atoms with Gasteiger partial charge in [-0.3, -0.25) is 0 Å². The number of hydrogen-bond acceptors (Lipinski definition) is 4. The molecule has 0 aromatic heterocycles. The van der Waals surface area contributed by atoms with Gasteiger partial charge in [-0.1, -0.05) is 19.3 Å². The molecule has 1 saturated carbocycles. The van der Waals surface area contributed by atoms with Crippen LogP contribution in [0.4, 0.5) is 5.69 Å². The summed E-state index contributed by atoms with van der Waals surface area (Å²) in [5.74, 6) is 1.54. The molecule has 0 aliphatic heterocycles. The predicted molar refractivity (Wildman–Crippen MR) is 80.6 cm³/mol. The number of aliphatic hydroxyl groups excluding tert-OH is 1. The zero-order valence-electron chi connectivity index (χ0n) is 12.4. The van der Waals surface area contributed by atoms with E-state index in [2.05, 4.69) is 5.32 Å². The van der Waals surface area contributed by atoms with E-state index in [1.807, 2.05) is 18.2 Å². The fourth-order valence-corrected chi connectivity index (χ4v) is 2.89. The molecular formula is C16H25NO3. The topological polar surface area (TPSA) is 50.7 Å². The highest BCUT2D eigenvalue weighted by molar-refractivity contribution is 5.53. The Labute approximate surface area is 121 Å². The minimum Gasteiger partial charge on any atom is -0.497 e. The average molecular weight is 279 g/mol. The average Bonchev–Trinajstić information content (AvgIpc) is 2.53. The normalized spacial score (nSPS) is 17.6. The van der Waals surface area contributed by atoms with Crippen molar-refractivity contribution in [2.45, 2.75) is 32.1 Å². The van der Waals surface area contributed by atoms with Gasteiger partial charge >= 0.3 is 0 Å². The quantitative estimate of drug-likeness (QED) is 0.840. The van der Waals surface area contributed by atoms with Gasteiger partial charge in [0.2, 0.25) is 0 Å². The van der Waals surface area contributed by atoms with Gasteiger partial charge in [0.15, 0.2) is 0 Å². The highest BCUT2D eigenvalue weighted by Gasteiger charge is 2.31. The van der Waals surface area contributed by atoms with Gasteiger partial charge in [0.05, 0.1) is 20.8 Å². The molecule has 4 heteroatoms. The van der Waals surface area contributed by atoms with Gasteiger partial charge in [-0.2, -0.15) is 0 Å². The van der Waals surface area contributed by atoms with E-state index in [9.17, 15) is 5.11 Å². The van der Waals surface area contributed by atoms with E-state index in [1.54, 1.807) is 14.2 Å². The molecule has 4 nitrogen and oxygen atoms in total. The van der Waals surface area contributed by atoms with E-state index in [-0.39, 0.29) is 12.0 Å². The first-order valence-corrected chi connectivity index (χ1v) is 7.29. The maximum absolute atomic E-state index is 9.73. The van der Waals surface area contributed by atoms with Gasteiger partial charge in [-0.25, -0.2) is 0 Å². The fraction of sp³-hybridized carbons (Fsp3) is 0.625. The predicted octanol–water partition coefficient (Wildman–Crippen LogP) is 3.06. The third-order valence-electron chi connectivity index (χ3n) is 4.27. The molecule has 1 aromatic carbocycles. The molecule has 0 radical (unpaired) electrons. The van der Waals surface area contributed by atoms with Crippen molar-refractivity contribution >= 4 is 5.69 Å². The molecule has 20 heavy (non-hydrogen) atoms. The van der Waals surface area contributed by atoms with Crippen LogP contribution in [0, 0.1) is 5.41 Å². The molecule has 1 aliphatic rings. The zero-order valence-corrected chi connectivity index (χ0v) is 12.4. The summed E-state index contributed by atoms with van der Waals surface area (Å²) in [5.41, 5.74) is 0.994. The Kier molecular flexibility index (Phi) is 5.12. The number of rotatable bonds is 6. The van der Waals surface area contributed by atoms with Crippen LogP contribution in [0.3, 0.4) is 0 Å². The highest BCUT2D eigenvalue weighted by Crippen LogP contribution is 2.36. The molecule has 0 unspecified atom stereocenters. The lowest BCUT2D eigenvalue weighted by molar-refractivity contribution is 0.0944. The molecule has 112 valence electrons. The van der Waals surface area contributed by atoms with Crippen molar-refractivity contribution in [2.75, 3.05) is 32.7 Å². The third kappa shape index (κ3) is 3.57. The van der Waals surface area contributed by atoms with E-state index >= 15 is 0 Å². The summed E-state index contributed by atoms with van der Waals surface area (Å²) in [6.45, 7) is 1.04. The van der Waals surface area contributed by atoms with Crippen LogP contribution in [-0.2, 0) is 0 Å². The second-order valence-corrected chi connectivity index (χ2v) is 5.67. The Morgan fingerprint density at radius 2 is 1.65 bits per heavy atom. The van der Waals surface area contributed by atoms with Gasteiger partial charge in [-0.05, 0) is 12.8 Å². The van der Waals surface area contributed by atoms with Gasteiger partial charge in [0.25, 0.3) is 0 Å². The number of hydrogen-bond donors (Lipinski definition) is 2. The SMILES string of the molecule is COc1cc(NCC2(CO)CCCCC2)cc(OC)c1. The van der Waals surface area contributed by atoms with Gasteiger partial charge in [0, 0.05) is 35.8 Å². The number of ether oxygens (including phenoxy) is 2. The van der Waals surface area contributed by atoms with Crippen LogP contribution in [0.15, 0.2) is 18.2 Å². The first kappa shape index (κ1) is 15.0. The zero-order chi connectivity index (χ0) is 14.4. The van der Waals surface area contributed by atoms with Crippen molar-refractivity contribution in [1.29, 1.82) is 0 Å². The van der Waals surface area contributed by atoms with Crippen LogP contribution in [0.2, 0.25) is 0 Å². The maximum atomic E-state index is 9.73. The Morgan fingerprint density at radius 3 is 2.15 bits per heavy atom. The minimum absolute atomic E-state index is 0.0224. The third-order valence-corrected chi connectivity index (χ3v) is 4.27. The van der Waals surface area contributed by atoms with Gasteiger partial charge in [0.1, 0.15) is 11.5 Å². The Balaban J connectivity index is 2.05. The van der Waals surface area contributed by atoms with Crippen molar-refractivity contribution in [3.63, 3.8) is 0 Å². The van der Waals surface area contributed by atoms with Crippen LogP contribution in [0.25, 0.3) is 0 Å². The molecule has 1 aromatic rings. The molecule has 0 amide bonds. The monoisotopic (exact) mass is 279 g/mol. The Bertz CT molecular complexity index is 405. The largest absolute Gasteiger partial charge is 0.497 e. The number of methoxy groups -OCH3 is 2. The number of benzene rings is 1. The molecular weight excluding hydrogens is 254 g/mol. The number of anilines is 1. The summed E-state index contributed by atoms with van der Waals surface area (Å²) >= 11 is 0. The molecule has 0 bridgehead atoms. The maximum Gasteiger partial charge on any atom is 0.124 e. The van der Waals surface area contributed by atoms with E-state index in [0.29, 0.717) is 0 Å². The molecule has 0 saturated heterocycles. The Morgan fingerprint density at radius 1 is 1.05 bits per heavy atom. The minimum atomic E-state index is 0.0224. The summed E-state index contributed by atoms with van der Waals surface area (Å²) in [5, 5.41) is 13.2. The molecule has 1 fully saturated rings. The standard InChI is InChI=1S/C16H25NO3/c1-19-14-8-13(9-15(10-14)20-2)17-11-16(12-18)6-4-3-5-7-16/h8-10,17-18H,3-7,11-12H2,1-2H3. The fourth-order valence-electron chi connectivity index (χ4n) is 2.89. The highest BCUT2D eigenvalue weighted by atomic mass is 16.5. The first-order valence-electron chi connectivity index (χ1n) is 7.29. The Hall–Kier alpha value is -1.42. The smallest absolute Gasteiger partial charge is 0.124 e. The van der Waals surface area contributed by atoms with Crippen LogP contribution in [-0.4, -0.2) is 32.5 Å². The molecule has 0 spiro atoms. The first-order chi connectivity index (χ1) is 9.71.